The number of hydrogen-bond donors (Lipinski definition) is 0. The van der Waals surface area contributed by atoms with E-state index in [2.05, 4.69) is 39.8 Å². The molecule has 1 aromatic rings. The van der Waals surface area contributed by atoms with Gasteiger partial charge in [0.1, 0.15) is 11.5 Å². The summed E-state index contributed by atoms with van der Waals surface area (Å²) in [6, 6.07) is 4.21. The predicted molar refractivity (Wildman–Crippen MR) is 76.9 cm³/mol. The van der Waals surface area contributed by atoms with Gasteiger partial charge in [-0.05, 0) is 36.0 Å². The molecule has 2 nitrogen and oxygen atoms in total. The van der Waals surface area contributed by atoms with E-state index in [1.807, 2.05) is 0 Å². The third-order valence-corrected chi connectivity index (χ3v) is 3.71. The molecule has 0 aliphatic heterocycles. The van der Waals surface area contributed by atoms with Crippen LogP contribution >= 0.6 is 0 Å². The third-order valence-electron chi connectivity index (χ3n) is 3.71. The summed E-state index contributed by atoms with van der Waals surface area (Å²) in [5.74, 6) is 1.96. The fraction of sp³-hybridized carbons (Fsp3) is 0.625. The van der Waals surface area contributed by atoms with Gasteiger partial charge in [-0.15, -0.1) is 0 Å². The van der Waals surface area contributed by atoms with Crippen LogP contribution in [-0.2, 0) is 11.8 Å². The van der Waals surface area contributed by atoms with Crippen molar-refractivity contribution in [3.05, 3.63) is 23.3 Å². The van der Waals surface area contributed by atoms with Gasteiger partial charge < -0.3 is 9.47 Å². The summed E-state index contributed by atoms with van der Waals surface area (Å²) in [5, 5.41) is 0. The summed E-state index contributed by atoms with van der Waals surface area (Å²) >= 11 is 0. The van der Waals surface area contributed by atoms with Crippen molar-refractivity contribution >= 4 is 0 Å². The molecule has 0 spiro atoms. The number of hydrogen-bond acceptors (Lipinski definition) is 2. The Morgan fingerprint density at radius 2 is 1.72 bits per heavy atom. The number of methoxy groups -OCH3 is 2. The fourth-order valence-corrected chi connectivity index (χ4v) is 2.17. The van der Waals surface area contributed by atoms with Crippen molar-refractivity contribution in [2.75, 3.05) is 14.2 Å². The fourth-order valence-electron chi connectivity index (χ4n) is 2.17. The topological polar surface area (TPSA) is 18.5 Å². The number of rotatable bonds is 6. The molecule has 102 valence electrons. The van der Waals surface area contributed by atoms with Crippen LogP contribution < -0.4 is 9.47 Å². The molecule has 0 atom stereocenters. The molecule has 0 bridgehead atoms. The molecule has 0 amide bonds. The first kappa shape index (κ1) is 14.9. The Hall–Kier alpha value is -1.18. The molecule has 0 fully saturated rings. The molecule has 0 aromatic heterocycles. The maximum atomic E-state index is 5.66. The van der Waals surface area contributed by atoms with Gasteiger partial charge in [-0.25, -0.2) is 0 Å². The van der Waals surface area contributed by atoms with Gasteiger partial charge in [-0.1, -0.05) is 34.1 Å². The second-order valence-electron chi connectivity index (χ2n) is 5.35. The van der Waals surface area contributed by atoms with E-state index in [1.54, 1.807) is 14.2 Å². The lowest BCUT2D eigenvalue weighted by Gasteiger charge is -2.27. The molecule has 0 radical (unpaired) electrons. The number of benzene rings is 1. The zero-order valence-corrected chi connectivity index (χ0v) is 12.6. The van der Waals surface area contributed by atoms with Gasteiger partial charge in [0.05, 0.1) is 14.2 Å². The standard InChI is InChI=1S/C16H26O2/c1-7-9-12-10-13(17-5)11-14(15(12)18-6)16(3,4)8-2/h10-11H,7-9H2,1-6H3. The second kappa shape index (κ2) is 6.12. The molecule has 0 saturated heterocycles. The maximum absolute atomic E-state index is 5.66. The zero-order valence-electron chi connectivity index (χ0n) is 12.6. The summed E-state index contributed by atoms with van der Waals surface area (Å²) < 4.78 is 11.1. The highest BCUT2D eigenvalue weighted by atomic mass is 16.5. The van der Waals surface area contributed by atoms with Crippen LogP contribution in [0.25, 0.3) is 0 Å². The van der Waals surface area contributed by atoms with Crippen molar-refractivity contribution in [3.63, 3.8) is 0 Å². The van der Waals surface area contributed by atoms with E-state index in [9.17, 15) is 0 Å². The lowest BCUT2D eigenvalue weighted by Crippen LogP contribution is -2.18. The lowest BCUT2D eigenvalue weighted by atomic mass is 9.80. The number of aryl methyl sites for hydroxylation is 1. The highest BCUT2D eigenvalue weighted by molar-refractivity contribution is 5.50. The van der Waals surface area contributed by atoms with E-state index in [0.29, 0.717) is 0 Å². The van der Waals surface area contributed by atoms with Crippen LogP contribution in [0.2, 0.25) is 0 Å². The monoisotopic (exact) mass is 250 g/mol. The van der Waals surface area contributed by atoms with Gasteiger partial charge in [0, 0.05) is 5.56 Å². The molecule has 0 aliphatic rings. The Kier molecular flexibility index (Phi) is 5.06. The van der Waals surface area contributed by atoms with Gasteiger partial charge in [-0.2, -0.15) is 0 Å². The quantitative estimate of drug-likeness (QED) is 0.747. The molecule has 0 unspecified atom stereocenters. The molecule has 0 aliphatic carbocycles. The second-order valence-corrected chi connectivity index (χ2v) is 5.35. The summed E-state index contributed by atoms with van der Waals surface area (Å²) in [4.78, 5) is 0. The Labute approximate surface area is 111 Å². The van der Waals surface area contributed by atoms with Crippen LogP contribution in [0.5, 0.6) is 11.5 Å². The minimum Gasteiger partial charge on any atom is -0.497 e. The molecule has 1 aromatic carbocycles. The van der Waals surface area contributed by atoms with Crippen molar-refractivity contribution < 1.29 is 9.47 Å². The van der Waals surface area contributed by atoms with Gasteiger partial charge in [0.2, 0.25) is 0 Å². The van der Waals surface area contributed by atoms with Crippen molar-refractivity contribution in [2.45, 2.75) is 52.4 Å². The van der Waals surface area contributed by atoms with Gasteiger partial charge >= 0.3 is 0 Å². The van der Waals surface area contributed by atoms with Crippen LogP contribution in [0.1, 0.15) is 51.7 Å². The maximum Gasteiger partial charge on any atom is 0.126 e. The van der Waals surface area contributed by atoms with E-state index < -0.39 is 0 Å². The Balaban J connectivity index is 3.42. The molecular formula is C16H26O2. The first-order valence-electron chi connectivity index (χ1n) is 6.75. The molecule has 0 heterocycles. The van der Waals surface area contributed by atoms with Crippen molar-refractivity contribution in [1.82, 2.24) is 0 Å². The Morgan fingerprint density at radius 3 is 2.17 bits per heavy atom. The van der Waals surface area contributed by atoms with Gasteiger partial charge in [-0.3, -0.25) is 0 Å². The van der Waals surface area contributed by atoms with E-state index in [0.717, 1.165) is 30.8 Å². The molecule has 2 heteroatoms. The minimum absolute atomic E-state index is 0.0996. The van der Waals surface area contributed by atoms with Crippen LogP contribution in [0.3, 0.4) is 0 Å². The largest absolute Gasteiger partial charge is 0.497 e. The highest BCUT2D eigenvalue weighted by Gasteiger charge is 2.25. The van der Waals surface area contributed by atoms with Gasteiger partial charge in [0.15, 0.2) is 0 Å². The van der Waals surface area contributed by atoms with Crippen LogP contribution in [0.15, 0.2) is 12.1 Å². The molecular weight excluding hydrogens is 224 g/mol. The average molecular weight is 250 g/mol. The minimum atomic E-state index is 0.0996. The van der Waals surface area contributed by atoms with E-state index >= 15 is 0 Å². The molecule has 1 rings (SSSR count). The number of ether oxygens (including phenoxy) is 2. The van der Waals surface area contributed by atoms with E-state index in [1.165, 1.54) is 11.1 Å². The van der Waals surface area contributed by atoms with Crippen LogP contribution in [0.4, 0.5) is 0 Å². The SMILES string of the molecule is CCCc1cc(OC)cc(C(C)(C)CC)c1OC. The summed E-state index contributed by atoms with van der Waals surface area (Å²) in [7, 11) is 3.48. The predicted octanol–water partition coefficient (Wildman–Crippen LogP) is 4.34. The third kappa shape index (κ3) is 2.98. The van der Waals surface area contributed by atoms with E-state index in [-0.39, 0.29) is 5.41 Å². The molecule has 18 heavy (non-hydrogen) atoms. The smallest absolute Gasteiger partial charge is 0.126 e. The first-order chi connectivity index (χ1) is 8.50. The summed E-state index contributed by atoms with van der Waals surface area (Å²) in [5.41, 5.74) is 2.59. The summed E-state index contributed by atoms with van der Waals surface area (Å²) in [6.45, 7) is 8.89. The molecule has 0 N–H and O–H groups in total. The van der Waals surface area contributed by atoms with Crippen molar-refractivity contribution in [3.8, 4) is 11.5 Å². The Bertz CT molecular complexity index is 394. The van der Waals surface area contributed by atoms with Crippen molar-refractivity contribution in [1.29, 1.82) is 0 Å². The Morgan fingerprint density at radius 1 is 1.06 bits per heavy atom. The van der Waals surface area contributed by atoms with Crippen molar-refractivity contribution in [2.24, 2.45) is 0 Å². The normalized spacial score (nSPS) is 11.4. The average Bonchev–Trinajstić information content (AvgIpc) is 2.38. The highest BCUT2D eigenvalue weighted by Crippen LogP contribution is 2.39. The lowest BCUT2D eigenvalue weighted by molar-refractivity contribution is 0.375. The first-order valence-corrected chi connectivity index (χ1v) is 6.75. The zero-order chi connectivity index (χ0) is 13.8. The summed E-state index contributed by atoms with van der Waals surface area (Å²) in [6.07, 6.45) is 3.20. The molecule has 0 saturated carbocycles. The van der Waals surface area contributed by atoms with Crippen LogP contribution in [0, 0.1) is 0 Å². The van der Waals surface area contributed by atoms with E-state index in [4.69, 9.17) is 9.47 Å². The van der Waals surface area contributed by atoms with Crippen LogP contribution in [-0.4, -0.2) is 14.2 Å². The van der Waals surface area contributed by atoms with Gasteiger partial charge in [0.25, 0.3) is 0 Å².